The van der Waals surface area contributed by atoms with Crippen molar-refractivity contribution >= 4 is 17.9 Å². The van der Waals surface area contributed by atoms with E-state index in [0.29, 0.717) is 19.3 Å². The molecule has 0 N–H and O–H groups in total. The van der Waals surface area contributed by atoms with Gasteiger partial charge in [0.1, 0.15) is 13.2 Å². The second kappa shape index (κ2) is 44.0. The highest BCUT2D eigenvalue weighted by Crippen LogP contribution is 2.13. The van der Waals surface area contributed by atoms with E-state index in [0.717, 1.165) is 103 Å². The number of unbranched alkanes of at least 4 members (excludes halogenated alkanes) is 16. The molecule has 0 spiro atoms. The van der Waals surface area contributed by atoms with Gasteiger partial charge < -0.3 is 14.2 Å². The maximum atomic E-state index is 12.7. The number of carbonyl (C=O) groups is 3. The number of rotatable bonds is 38. The fraction of sp³-hybridized carbons (Fsp3) is 0.620. The summed E-state index contributed by atoms with van der Waals surface area (Å²) in [7, 11) is 0. The third-order valence-corrected chi connectivity index (χ3v) is 9.00. The molecule has 0 aliphatic rings. The van der Waals surface area contributed by atoms with Crippen molar-refractivity contribution in [2.75, 3.05) is 13.2 Å². The van der Waals surface area contributed by atoms with Gasteiger partial charge in [-0.05, 0) is 64.2 Å². The highest BCUT2D eigenvalue weighted by atomic mass is 16.6. The van der Waals surface area contributed by atoms with Crippen LogP contribution < -0.4 is 0 Å². The Hall–Kier alpha value is -3.67. The van der Waals surface area contributed by atoms with E-state index >= 15 is 0 Å². The molecular weight excluding hydrogens is 697 g/mol. The maximum Gasteiger partial charge on any atom is 0.306 e. The average Bonchev–Trinajstić information content (AvgIpc) is 3.19. The van der Waals surface area contributed by atoms with Gasteiger partial charge in [-0.15, -0.1) is 0 Å². The molecule has 0 saturated heterocycles. The van der Waals surface area contributed by atoms with Crippen molar-refractivity contribution in [3.8, 4) is 0 Å². The molecule has 0 bridgehead atoms. The summed E-state index contributed by atoms with van der Waals surface area (Å²) < 4.78 is 16.6. The molecule has 0 aromatic carbocycles. The summed E-state index contributed by atoms with van der Waals surface area (Å²) in [6.07, 6.45) is 56.7. The van der Waals surface area contributed by atoms with Gasteiger partial charge in [-0.3, -0.25) is 14.4 Å². The first-order chi connectivity index (χ1) is 27.5. The van der Waals surface area contributed by atoms with E-state index in [4.69, 9.17) is 14.2 Å². The predicted molar refractivity (Wildman–Crippen MR) is 237 cm³/mol. The van der Waals surface area contributed by atoms with Gasteiger partial charge in [0.05, 0.1) is 0 Å². The first-order valence-electron chi connectivity index (χ1n) is 22.3. The van der Waals surface area contributed by atoms with E-state index in [2.05, 4.69) is 57.2 Å². The maximum absolute atomic E-state index is 12.7. The SMILES string of the molecule is CC\C=C/C=C\C=C/C=C\C=C\C=C/CCCCCC(=O)OCC(COC(=O)CCCCCCCCCCC)OC(=O)CCCCCCC/C=C\C/C=C\CC. The van der Waals surface area contributed by atoms with Crippen LogP contribution in [0.25, 0.3) is 0 Å². The van der Waals surface area contributed by atoms with Crippen LogP contribution in [0.15, 0.2) is 97.2 Å². The molecule has 1 atom stereocenters. The van der Waals surface area contributed by atoms with E-state index in [9.17, 15) is 14.4 Å². The molecule has 6 nitrogen and oxygen atoms in total. The van der Waals surface area contributed by atoms with Crippen LogP contribution in [0.3, 0.4) is 0 Å². The predicted octanol–water partition coefficient (Wildman–Crippen LogP) is 14.2. The molecule has 0 aromatic heterocycles. The summed E-state index contributed by atoms with van der Waals surface area (Å²) in [6.45, 7) is 6.28. The largest absolute Gasteiger partial charge is 0.462 e. The molecule has 0 amide bonds. The highest BCUT2D eigenvalue weighted by Gasteiger charge is 2.19. The Bertz CT molecular complexity index is 1170. The zero-order valence-electron chi connectivity index (χ0n) is 35.9. The molecule has 0 heterocycles. The first-order valence-corrected chi connectivity index (χ1v) is 22.3. The Morgan fingerprint density at radius 1 is 0.393 bits per heavy atom. The van der Waals surface area contributed by atoms with Gasteiger partial charge >= 0.3 is 17.9 Å². The number of carbonyl (C=O) groups excluding carboxylic acids is 3. The number of hydrogen-bond acceptors (Lipinski definition) is 6. The molecule has 0 aliphatic carbocycles. The normalized spacial score (nSPS) is 13.0. The minimum atomic E-state index is -0.800. The standard InChI is InChI=1S/C50H80O6/c1-4-7-10-13-16-19-21-23-24-25-26-27-29-31-34-37-40-43-49(52)55-46-47(45-54-48(51)42-39-36-33-30-18-15-12-9-6-3)56-50(53)44-41-38-35-32-28-22-20-17-14-11-8-5-2/h7-8,10-11,13,16-17,19-21,23-27,29,47H,4-6,9,12,14-15,18,22,28,30-46H2,1-3H3/b10-7-,11-8-,16-13-,20-17-,21-19-,24-23-,26-25+,29-27-. The lowest BCUT2D eigenvalue weighted by molar-refractivity contribution is -0.167. The fourth-order valence-corrected chi connectivity index (χ4v) is 5.69. The smallest absolute Gasteiger partial charge is 0.306 e. The Kier molecular flexibility index (Phi) is 41.2. The van der Waals surface area contributed by atoms with Crippen LogP contribution in [-0.4, -0.2) is 37.2 Å². The summed E-state index contributed by atoms with van der Waals surface area (Å²) in [4.78, 5) is 37.7. The third-order valence-electron chi connectivity index (χ3n) is 9.00. The van der Waals surface area contributed by atoms with Gasteiger partial charge in [-0.1, -0.05) is 195 Å². The Morgan fingerprint density at radius 3 is 1.30 bits per heavy atom. The molecule has 0 saturated carbocycles. The van der Waals surface area contributed by atoms with Crippen LogP contribution in [0, 0.1) is 0 Å². The molecule has 6 heteroatoms. The monoisotopic (exact) mass is 777 g/mol. The van der Waals surface area contributed by atoms with E-state index in [1.807, 2.05) is 60.8 Å². The van der Waals surface area contributed by atoms with Gasteiger partial charge in [0, 0.05) is 19.3 Å². The fourth-order valence-electron chi connectivity index (χ4n) is 5.69. The summed E-state index contributed by atoms with van der Waals surface area (Å²) in [5.74, 6) is -0.972. The van der Waals surface area contributed by atoms with Crippen molar-refractivity contribution in [3.63, 3.8) is 0 Å². The van der Waals surface area contributed by atoms with E-state index in [-0.39, 0.29) is 31.1 Å². The summed E-state index contributed by atoms with van der Waals surface area (Å²) >= 11 is 0. The van der Waals surface area contributed by atoms with Crippen molar-refractivity contribution in [3.05, 3.63) is 97.2 Å². The Morgan fingerprint density at radius 2 is 0.786 bits per heavy atom. The van der Waals surface area contributed by atoms with Crippen LogP contribution in [0.1, 0.15) is 181 Å². The van der Waals surface area contributed by atoms with E-state index < -0.39 is 6.10 Å². The zero-order valence-corrected chi connectivity index (χ0v) is 35.9. The Balaban J connectivity index is 4.49. The second-order valence-electron chi connectivity index (χ2n) is 14.4. The van der Waals surface area contributed by atoms with Crippen molar-refractivity contribution in [2.45, 2.75) is 187 Å². The van der Waals surface area contributed by atoms with Crippen LogP contribution in [0.4, 0.5) is 0 Å². The first kappa shape index (κ1) is 52.3. The molecular formula is C50H80O6. The van der Waals surface area contributed by atoms with Crippen molar-refractivity contribution in [1.29, 1.82) is 0 Å². The number of hydrogen-bond donors (Lipinski definition) is 0. The average molecular weight is 777 g/mol. The summed E-state index contributed by atoms with van der Waals surface area (Å²) in [6, 6.07) is 0. The highest BCUT2D eigenvalue weighted by molar-refractivity contribution is 5.71. The molecule has 56 heavy (non-hydrogen) atoms. The number of esters is 3. The summed E-state index contributed by atoms with van der Waals surface area (Å²) in [5, 5.41) is 0. The van der Waals surface area contributed by atoms with Crippen molar-refractivity contribution in [2.24, 2.45) is 0 Å². The molecule has 316 valence electrons. The zero-order chi connectivity index (χ0) is 40.8. The molecule has 0 aromatic rings. The molecule has 0 fully saturated rings. The third kappa shape index (κ3) is 41.5. The lowest BCUT2D eigenvalue weighted by Gasteiger charge is -2.18. The second-order valence-corrected chi connectivity index (χ2v) is 14.4. The molecule has 0 aliphatic heterocycles. The van der Waals surface area contributed by atoms with Crippen LogP contribution in [-0.2, 0) is 28.6 Å². The van der Waals surface area contributed by atoms with Crippen LogP contribution >= 0.6 is 0 Å². The Labute approximate surface area is 343 Å². The number of ether oxygens (including phenoxy) is 3. The van der Waals surface area contributed by atoms with E-state index in [1.54, 1.807) is 0 Å². The minimum Gasteiger partial charge on any atom is -0.462 e. The van der Waals surface area contributed by atoms with Crippen LogP contribution in [0.5, 0.6) is 0 Å². The van der Waals surface area contributed by atoms with Gasteiger partial charge in [-0.2, -0.15) is 0 Å². The quantitative estimate of drug-likeness (QED) is 0.0204. The van der Waals surface area contributed by atoms with Gasteiger partial charge in [0.2, 0.25) is 0 Å². The van der Waals surface area contributed by atoms with Crippen LogP contribution in [0.2, 0.25) is 0 Å². The summed E-state index contributed by atoms with van der Waals surface area (Å²) in [5.41, 5.74) is 0. The molecule has 1 unspecified atom stereocenters. The van der Waals surface area contributed by atoms with Crippen molar-refractivity contribution in [1.82, 2.24) is 0 Å². The van der Waals surface area contributed by atoms with Gasteiger partial charge in [-0.25, -0.2) is 0 Å². The minimum absolute atomic E-state index is 0.0986. The lowest BCUT2D eigenvalue weighted by Crippen LogP contribution is -2.30. The van der Waals surface area contributed by atoms with Gasteiger partial charge in [0.25, 0.3) is 0 Å². The lowest BCUT2D eigenvalue weighted by atomic mass is 10.1. The van der Waals surface area contributed by atoms with Gasteiger partial charge in [0.15, 0.2) is 6.10 Å². The van der Waals surface area contributed by atoms with E-state index in [1.165, 1.54) is 38.5 Å². The number of allylic oxidation sites excluding steroid dienone is 16. The van der Waals surface area contributed by atoms with Crippen molar-refractivity contribution < 1.29 is 28.6 Å². The topological polar surface area (TPSA) is 78.9 Å². The molecule has 0 radical (unpaired) electrons. The molecule has 0 rings (SSSR count).